The fraction of sp³-hybridized carbons (Fsp3) is 1.00. The highest BCUT2D eigenvalue weighted by molar-refractivity contribution is 4.91. The zero-order valence-corrected chi connectivity index (χ0v) is 11.0. The quantitative estimate of drug-likeness (QED) is 0.716. The number of hydrogen-bond acceptors (Lipinski definition) is 2. The third-order valence-electron chi connectivity index (χ3n) is 3.45. The number of rotatable bonds is 6. The first-order valence-corrected chi connectivity index (χ1v) is 6.13. The molecule has 0 aliphatic rings. The lowest BCUT2D eigenvalue weighted by Crippen LogP contribution is -2.45. The maximum Gasteiger partial charge on any atom is 0.0666 e. The van der Waals surface area contributed by atoms with Crippen LogP contribution in [0.25, 0.3) is 0 Å². The maximum atomic E-state index is 10.4. The van der Waals surface area contributed by atoms with Crippen LogP contribution in [0.4, 0.5) is 0 Å². The summed E-state index contributed by atoms with van der Waals surface area (Å²) >= 11 is 0. The molecule has 2 atom stereocenters. The molecule has 0 bridgehead atoms. The zero-order valence-electron chi connectivity index (χ0n) is 11.0. The summed E-state index contributed by atoms with van der Waals surface area (Å²) in [7, 11) is 0. The second-order valence-corrected chi connectivity index (χ2v) is 5.75. The Kier molecular flexibility index (Phi) is 5.82. The smallest absolute Gasteiger partial charge is 0.0666 e. The Labute approximate surface area is 94.7 Å². The van der Waals surface area contributed by atoms with E-state index < -0.39 is 6.10 Å². The molecule has 0 aromatic heterocycles. The fourth-order valence-electron chi connectivity index (χ4n) is 2.23. The van der Waals surface area contributed by atoms with E-state index in [4.69, 9.17) is 0 Å². The summed E-state index contributed by atoms with van der Waals surface area (Å²) in [6, 6.07) is 0. The van der Waals surface area contributed by atoms with E-state index in [1.165, 1.54) is 0 Å². The molecule has 0 rings (SSSR count). The van der Waals surface area contributed by atoms with Crippen LogP contribution in [-0.2, 0) is 0 Å². The van der Waals surface area contributed by atoms with Crippen molar-refractivity contribution >= 4 is 0 Å². The van der Waals surface area contributed by atoms with Crippen LogP contribution in [0.15, 0.2) is 0 Å². The molecule has 2 N–H and O–H groups in total. The number of aliphatic hydroxyl groups is 2. The van der Waals surface area contributed by atoms with Gasteiger partial charge in [0.1, 0.15) is 0 Å². The van der Waals surface area contributed by atoms with Gasteiger partial charge in [0.15, 0.2) is 0 Å². The minimum atomic E-state index is -0.438. The molecule has 0 spiro atoms. The molecule has 0 aliphatic heterocycles. The Morgan fingerprint density at radius 2 is 1.67 bits per heavy atom. The van der Waals surface area contributed by atoms with E-state index in [9.17, 15) is 10.2 Å². The lowest BCUT2D eigenvalue weighted by Gasteiger charge is -2.42. The van der Waals surface area contributed by atoms with Gasteiger partial charge in [-0.05, 0) is 18.3 Å². The van der Waals surface area contributed by atoms with Gasteiger partial charge in [0.2, 0.25) is 0 Å². The predicted molar refractivity (Wildman–Crippen MR) is 64.8 cm³/mol. The average molecular weight is 216 g/mol. The molecule has 0 saturated heterocycles. The highest BCUT2D eigenvalue weighted by atomic mass is 16.3. The van der Waals surface area contributed by atoms with Gasteiger partial charge in [0.25, 0.3) is 0 Å². The molecule has 0 aromatic carbocycles. The van der Waals surface area contributed by atoms with Crippen molar-refractivity contribution < 1.29 is 10.2 Å². The van der Waals surface area contributed by atoms with Crippen LogP contribution in [-0.4, -0.2) is 22.9 Å². The van der Waals surface area contributed by atoms with E-state index in [2.05, 4.69) is 13.8 Å². The van der Waals surface area contributed by atoms with E-state index in [0.717, 1.165) is 25.7 Å². The summed E-state index contributed by atoms with van der Waals surface area (Å²) in [6.45, 7) is 10.4. The predicted octanol–water partition coefficient (Wildman–Crippen LogP) is 2.97. The van der Waals surface area contributed by atoms with E-state index in [0.29, 0.717) is 0 Å². The highest BCUT2D eigenvalue weighted by Crippen LogP contribution is 2.40. The summed E-state index contributed by atoms with van der Waals surface area (Å²) < 4.78 is 0. The van der Waals surface area contributed by atoms with Crippen LogP contribution in [0.3, 0.4) is 0 Å². The Bertz CT molecular complexity index is 166. The van der Waals surface area contributed by atoms with Gasteiger partial charge in [-0.25, -0.2) is 0 Å². The molecule has 0 fully saturated rings. The largest absolute Gasteiger partial charge is 0.396 e. The summed E-state index contributed by atoms with van der Waals surface area (Å²) in [6.07, 6.45) is 3.49. The molecule has 2 unspecified atom stereocenters. The van der Waals surface area contributed by atoms with Gasteiger partial charge in [-0.2, -0.15) is 0 Å². The van der Waals surface area contributed by atoms with E-state index in [-0.39, 0.29) is 17.4 Å². The van der Waals surface area contributed by atoms with Crippen LogP contribution in [0.5, 0.6) is 0 Å². The summed E-state index contributed by atoms with van der Waals surface area (Å²) in [5.74, 6) is 0. The van der Waals surface area contributed by atoms with Crippen molar-refractivity contribution in [1.82, 2.24) is 0 Å². The summed E-state index contributed by atoms with van der Waals surface area (Å²) in [5.41, 5.74) is -0.471. The molecule has 0 saturated carbocycles. The van der Waals surface area contributed by atoms with Gasteiger partial charge in [-0.1, -0.05) is 47.5 Å². The molecule has 0 radical (unpaired) electrons. The molecule has 2 nitrogen and oxygen atoms in total. The van der Waals surface area contributed by atoms with Crippen molar-refractivity contribution in [1.29, 1.82) is 0 Å². The van der Waals surface area contributed by atoms with Crippen molar-refractivity contribution in [3.05, 3.63) is 0 Å². The molecule has 0 aliphatic carbocycles. The van der Waals surface area contributed by atoms with Gasteiger partial charge >= 0.3 is 0 Å². The van der Waals surface area contributed by atoms with Crippen LogP contribution < -0.4 is 0 Å². The molecule has 0 amide bonds. The fourth-order valence-corrected chi connectivity index (χ4v) is 2.23. The van der Waals surface area contributed by atoms with E-state index >= 15 is 0 Å². The van der Waals surface area contributed by atoms with Crippen molar-refractivity contribution in [3.8, 4) is 0 Å². The first kappa shape index (κ1) is 14.9. The number of aliphatic hydroxyl groups excluding tert-OH is 2. The monoisotopic (exact) mass is 216 g/mol. The molecule has 0 aromatic rings. The first-order chi connectivity index (χ1) is 6.84. The lowest BCUT2D eigenvalue weighted by molar-refractivity contribution is -0.0846. The maximum absolute atomic E-state index is 10.4. The normalized spacial score (nSPS) is 18.6. The molecule has 2 heteroatoms. The topological polar surface area (TPSA) is 40.5 Å². The van der Waals surface area contributed by atoms with Gasteiger partial charge in [0, 0.05) is 5.41 Å². The van der Waals surface area contributed by atoms with Crippen LogP contribution in [0.1, 0.15) is 60.3 Å². The average Bonchev–Trinajstić information content (AvgIpc) is 2.18. The van der Waals surface area contributed by atoms with Crippen molar-refractivity contribution in [2.24, 2.45) is 10.8 Å². The lowest BCUT2D eigenvalue weighted by atomic mass is 9.67. The van der Waals surface area contributed by atoms with Crippen LogP contribution >= 0.6 is 0 Å². The Hall–Kier alpha value is -0.0800. The van der Waals surface area contributed by atoms with Gasteiger partial charge in [-0.3, -0.25) is 0 Å². The van der Waals surface area contributed by atoms with E-state index in [1.54, 1.807) is 0 Å². The minimum absolute atomic E-state index is 0.0853. The second kappa shape index (κ2) is 5.86. The van der Waals surface area contributed by atoms with Crippen molar-refractivity contribution in [2.45, 2.75) is 66.4 Å². The SMILES string of the molecule is CCCCC(CC)(CO)C(O)C(C)(C)C. The van der Waals surface area contributed by atoms with Crippen LogP contribution in [0, 0.1) is 10.8 Å². The van der Waals surface area contributed by atoms with Crippen molar-refractivity contribution in [2.75, 3.05) is 6.61 Å². The number of unbranched alkanes of at least 4 members (excludes halogenated alkanes) is 1. The Balaban J connectivity index is 4.75. The standard InChI is InChI=1S/C13H28O2/c1-6-8-9-13(7-2,10-14)11(15)12(3,4)5/h11,14-15H,6-10H2,1-5H3. The van der Waals surface area contributed by atoms with Gasteiger partial charge in [-0.15, -0.1) is 0 Å². The molecule has 92 valence electrons. The number of hydrogen-bond donors (Lipinski definition) is 2. The second-order valence-electron chi connectivity index (χ2n) is 5.75. The zero-order chi connectivity index (χ0) is 12.1. The van der Waals surface area contributed by atoms with Gasteiger partial charge < -0.3 is 10.2 Å². The molecular weight excluding hydrogens is 188 g/mol. The van der Waals surface area contributed by atoms with Gasteiger partial charge in [0.05, 0.1) is 12.7 Å². The highest BCUT2D eigenvalue weighted by Gasteiger charge is 2.41. The van der Waals surface area contributed by atoms with Crippen molar-refractivity contribution in [3.63, 3.8) is 0 Å². The van der Waals surface area contributed by atoms with E-state index in [1.807, 2.05) is 20.8 Å². The summed E-state index contributed by atoms with van der Waals surface area (Å²) in [5, 5.41) is 19.9. The molecule has 0 heterocycles. The Morgan fingerprint density at radius 1 is 1.13 bits per heavy atom. The molecule has 15 heavy (non-hydrogen) atoms. The Morgan fingerprint density at radius 3 is 1.93 bits per heavy atom. The third kappa shape index (κ3) is 3.76. The third-order valence-corrected chi connectivity index (χ3v) is 3.45. The van der Waals surface area contributed by atoms with Crippen LogP contribution in [0.2, 0.25) is 0 Å². The molecular formula is C13H28O2. The summed E-state index contributed by atoms with van der Waals surface area (Å²) in [4.78, 5) is 0. The minimum Gasteiger partial charge on any atom is -0.396 e. The first-order valence-electron chi connectivity index (χ1n) is 6.13.